The van der Waals surface area contributed by atoms with Gasteiger partial charge in [-0.3, -0.25) is 4.90 Å². The molecule has 2 fully saturated rings. The summed E-state index contributed by atoms with van der Waals surface area (Å²) in [7, 11) is 0. The third-order valence-electron chi connectivity index (χ3n) is 4.27. The minimum atomic E-state index is 0.0585. The van der Waals surface area contributed by atoms with Gasteiger partial charge in [0, 0.05) is 25.7 Å². The standard InChI is InChI=1S/C14H21N5O/c15-14(17-20)12-5-3-6-13(16-12)19-9-8-18-7-2-1-4-11(18)10-19/h3,5-6,11,20H,1-2,4,7-10H2,(H2,15,17). The molecule has 1 unspecified atom stereocenters. The highest BCUT2D eigenvalue weighted by Gasteiger charge is 2.29. The summed E-state index contributed by atoms with van der Waals surface area (Å²) in [5, 5.41) is 11.8. The molecule has 0 amide bonds. The molecule has 2 aliphatic heterocycles. The number of aromatic nitrogens is 1. The van der Waals surface area contributed by atoms with Crippen molar-refractivity contribution in [2.24, 2.45) is 10.9 Å². The van der Waals surface area contributed by atoms with Crippen LogP contribution in [0.4, 0.5) is 5.82 Å². The second-order valence-electron chi connectivity index (χ2n) is 5.50. The minimum absolute atomic E-state index is 0.0585. The van der Waals surface area contributed by atoms with Gasteiger partial charge in [-0.2, -0.15) is 0 Å². The van der Waals surface area contributed by atoms with Crippen molar-refractivity contribution >= 4 is 11.7 Å². The van der Waals surface area contributed by atoms with Crippen LogP contribution in [0.2, 0.25) is 0 Å². The maximum Gasteiger partial charge on any atom is 0.188 e. The van der Waals surface area contributed by atoms with Crippen LogP contribution in [0, 0.1) is 0 Å². The topological polar surface area (TPSA) is 78.0 Å². The van der Waals surface area contributed by atoms with Crippen LogP contribution in [0.3, 0.4) is 0 Å². The van der Waals surface area contributed by atoms with Crippen LogP contribution >= 0.6 is 0 Å². The van der Waals surface area contributed by atoms with Gasteiger partial charge in [0.05, 0.1) is 0 Å². The number of fused-ring (bicyclic) bond motifs is 1. The van der Waals surface area contributed by atoms with Crippen LogP contribution in [-0.2, 0) is 0 Å². The zero-order valence-electron chi connectivity index (χ0n) is 11.6. The fourth-order valence-corrected chi connectivity index (χ4v) is 3.16. The van der Waals surface area contributed by atoms with Gasteiger partial charge < -0.3 is 15.8 Å². The third kappa shape index (κ3) is 2.56. The SMILES string of the molecule is N/C(=N/O)c1cccc(N2CCN3CCCCC3C2)n1. The monoisotopic (exact) mass is 275 g/mol. The molecule has 3 N–H and O–H groups in total. The van der Waals surface area contributed by atoms with E-state index in [0.717, 1.165) is 25.5 Å². The van der Waals surface area contributed by atoms with Crippen molar-refractivity contribution in [1.82, 2.24) is 9.88 Å². The van der Waals surface area contributed by atoms with Gasteiger partial charge in [0.2, 0.25) is 0 Å². The summed E-state index contributed by atoms with van der Waals surface area (Å²) in [6.45, 7) is 4.34. The number of rotatable bonds is 2. The number of hydrogen-bond donors (Lipinski definition) is 2. The van der Waals surface area contributed by atoms with Gasteiger partial charge in [0.15, 0.2) is 5.84 Å². The summed E-state index contributed by atoms with van der Waals surface area (Å²) in [5.74, 6) is 0.975. The number of pyridine rings is 1. The normalized spacial score (nSPS) is 24.5. The highest BCUT2D eigenvalue weighted by Crippen LogP contribution is 2.24. The number of nitrogens with zero attached hydrogens (tertiary/aromatic N) is 4. The van der Waals surface area contributed by atoms with Gasteiger partial charge in [-0.1, -0.05) is 17.6 Å². The van der Waals surface area contributed by atoms with Crippen LogP contribution in [-0.4, -0.2) is 53.1 Å². The number of anilines is 1. The van der Waals surface area contributed by atoms with E-state index >= 15 is 0 Å². The Morgan fingerprint density at radius 1 is 1.30 bits per heavy atom. The molecule has 0 saturated carbocycles. The van der Waals surface area contributed by atoms with E-state index in [2.05, 4.69) is 19.9 Å². The Morgan fingerprint density at radius 3 is 3.05 bits per heavy atom. The lowest BCUT2D eigenvalue weighted by molar-refractivity contribution is 0.133. The van der Waals surface area contributed by atoms with E-state index in [0.29, 0.717) is 11.7 Å². The van der Waals surface area contributed by atoms with Gasteiger partial charge in [-0.05, 0) is 31.5 Å². The molecule has 0 aromatic carbocycles. The average molecular weight is 275 g/mol. The summed E-state index contributed by atoms with van der Waals surface area (Å²) in [5.41, 5.74) is 6.13. The van der Waals surface area contributed by atoms with Crippen LogP contribution < -0.4 is 10.6 Å². The van der Waals surface area contributed by atoms with Gasteiger partial charge in [-0.25, -0.2) is 4.98 Å². The van der Waals surface area contributed by atoms with E-state index < -0.39 is 0 Å². The molecule has 3 heterocycles. The van der Waals surface area contributed by atoms with Gasteiger partial charge in [-0.15, -0.1) is 0 Å². The molecule has 6 nitrogen and oxygen atoms in total. The van der Waals surface area contributed by atoms with E-state index in [-0.39, 0.29) is 5.84 Å². The molecule has 0 radical (unpaired) electrons. The lowest BCUT2D eigenvalue weighted by Crippen LogP contribution is -2.55. The van der Waals surface area contributed by atoms with Gasteiger partial charge in [0.25, 0.3) is 0 Å². The molecule has 0 spiro atoms. The summed E-state index contributed by atoms with van der Waals surface area (Å²) in [6.07, 6.45) is 3.93. The molecule has 2 saturated heterocycles. The molecular weight excluding hydrogens is 254 g/mol. The highest BCUT2D eigenvalue weighted by molar-refractivity contribution is 5.95. The van der Waals surface area contributed by atoms with Crippen molar-refractivity contribution in [3.05, 3.63) is 23.9 Å². The maximum absolute atomic E-state index is 8.75. The first-order chi connectivity index (χ1) is 9.78. The number of piperazine rings is 1. The van der Waals surface area contributed by atoms with E-state index in [9.17, 15) is 0 Å². The van der Waals surface area contributed by atoms with Crippen LogP contribution in [0.15, 0.2) is 23.4 Å². The predicted molar refractivity (Wildman–Crippen MR) is 78.2 cm³/mol. The molecule has 1 aromatic heterocycles. The smallest absolute Gasteiger partial charge is 0.188 e. The Kier molecular flexibility index (Phi) is 3.73. The molecule has 0 bridgehead atoms. The number of hydrogen-bond acceptors (Lipinski definition) is 5. The first-order valence-electron chi connectivity index (χ1n) is 7.22. The molecule has 1 atom stereocenters. The number of piperidine rings is 1. The molecular formula is C14H21N5O. The number of nitrogens with two attached hydrogens (primary N) is 1. The van der Waals surface area contributed by atoms with Crippen molar-refractivity contribution in [2.75, 3.05) is 31.1 Å². The van der Waals surface area contributed by atoms with E-state index in [1.165, 1.54) is 25.8 Å². The fraction of sp³-hybridized carbons (Fsp3) is 0.571. The maximum atomic E-state index is 8.75. The summed E-state index contributed by atoms with van der Waals surface area (Å²) >= 11 is 0. The first-order valence-corrected chi connectivity index (χ1v) is 7.22. The van der Waals surface area contributed by atoms with E-state index in [4.69, 9.17) is 10.9 Å². The Labute approximate surface area is 118 Å². The third-order valence-corrected chi connectivity index (χ3v) is 4.27. The lowest BCUT2D eigenvalue weighted by Gasteiger charge is -2.44. The van der Waals surface area contributed by atoms with Gasteiger partial charge >= 0.3 is 0 Å². The zero-order valence-corrected chi connectivity index (χ0v) is 11.6. The van der Waals surface area contributed by atoms with Crippen molar-refractivity contribution < 1.29 is 5.21 Å². The summed E-state index contributed by atoms with van der Waals surface area (Å²) < 4.78 is 0. The lowest BCUT2D eigenvalue weighted by atomic mass is 9.99. The van der Waals surface area contributed by atoms with Crippen LogP contribution in [0.5, 0.6) is 0 Å². The quantitative estimate of drug-likeness (QED) is 0.362. The van der Waals surface area contributed by atoms with Crippen molar-refractivity contribution in [3.63, 3.8) is 0 Å². The highest BCUT2D eigenvalue weighted by atomic mass is 16.4. The second kappa shape index (κ2) is 5.66. The predicted octanol–water partition coefficient (Wildman–Crippen LogP) is 0.851. The Bertz CT molecular complexity index is 504. The molecule has 1 aromatic rings. The van der Waals surface area contributed by atoms with Crippen LogP contribution in [0.1, 0.15) is 25.0 Å². The molecule has 6 heteroatoms. The molecule has 3 rings (SSSR count). The molecule has 108 valence electrons. The molecule has 2 aliphatic rings. The first kappa shape index (κ1) is 13.2. The Morgan fingerprint density at radius 2 is 2.20 bits per heavy atom. The second-order valence-corrected chi connectivity index (χ2v) is 5.50. The minimum Gasteiger partial charge on any atom is -0.409 e. The largest absolute Gasteiger partial charge is 0.409 e. The fourth-order valence-electron chi connectivity index (χ4n) is 3.16. The van der Waals surface area contributed by atoms with Crippen molar-refractivity contribution in [2.45, 2.75) is 25.3 Å². The van der Waals surface area contributed by atoms with Crippen molar-refractivity contribution in [3.8, 4) is 0 Å². The summed E-state index contributed by atoms with van der Waals surface area (Å²) in [4.78, 5) is 9.39. The van der Waals surface area contributed by atoms with Gasteiger partial charge in [0.1, 0.15) is 11.5 Å². The zero-order chi connectivity index (χ0) is 13.9. The molecule has 0 aliphatic carbocycles. The number of oxime groups is 1. The Balaban J connectivity index is 1.76. The van der Waals surface area contributed by atoms with Crippen molar-refractivity contribution in [1.29, 1.82) is 0 Å². The van der Waals surface area contributed by atoms with Crippen LogP contribution in [0.25, 0.3) is 0 Å². The molecule has 20 heavy (non-hydrogen) atoms. The van der Waals surface area contributed by atoms with E-state index in [1.54, 1.807) is 6.07 Å². The number of amidine groups is 1. The average Bonchev–Trinajstić information content (AvgIpc) is 2.53. The Hall–Kier alpha value is -1.82. The summed E-state index contributed by atoms with van der Waals surface area (Å²) in [6, 6.07) is 6.30. The van der Waals surface area contributed by atoms with E-state index in [1.807, 2.05) is 12.1 Å².